The Morgan fingerprint density at radius 1 is 1.26 bits per heavy atom. The molecule has 1 saturated heterocycles. The Morgan fingerprint density at radius 3 is 2.65 bits per heavy atom. The second-order valence-corrected chi connectivity index (χ2v) is 8.56. The lowest BCUT2D eigenvalue weighted by Gasteiger charge is -2.60. The Morgan fingerprint density at radius 2 is 1.96 bits per heavy atom. The lowest BCUT2D eigenvalue weighted by molar-refractivity contribution is -0.188. The molecule has 3 fully saturated rings. The van der Waals surface area contributed by atoms with E-state index in [1.54, 1.807) is 0 Å². The number of fused-ring (bicyclic) bond motifs is 3. The topological polar surface area (TPSA) is 83.8 Å². The zero-order chi connectivity index (χ0) is 16.8. The second-order valence-electron chi connectivity index (χ2n) is 8.56. The molecular formula is C18H24O5. The maximum atomic E-state index is 13.0. The van der Waals surface area contributed by atoms with Crippen molar-refractivity contribution >= 4 is 11.6 Å². The number of Topliss-reactive ketones (excluding diaryl/α,β-unsaturated/α-hetero) is 1. The van der Waals surface area contributed by atoms with E-state index in [-0.39, 0.29) is 24.1 Å². The van der Waals surface area contributed by atoms with Crippen LogP contribution in [-0.2, 0) is 14.3 Å². The number of ether oxygens (including phenoxy) is 1. The van der Waals surface area contributed by atoms with E-state index in [1.807, 2.05) is 20.8 Å². The summed E-state index contributed by atoms with van der Waals surface area (Å²) in [7, 11) is 0. The van der Waals surface area contributed by atoms with Crippen molar-refractivity contribution in [3.05, 3.63) is 11.6 Å². The second kappa shape index (κ2) is 4.32. The number of allylic oxidation sites excluding steroid dienone is 1. The molecule has 4 rings (SSSR count). The van der Waals surface area contributed by atoms with Gasteiger partial charge < -0.3 is 14.9 Å². The Bertz CT molecular complexity index is 639. The van der Waals surface area contributed by atoms with Crippen molar-refractivity contribution in [2.75, 3.05) is 6.61 Å². The zero-order valence-electron chi connectivity index (χ0n) is 13.8. The van der Waals surface area contributed by atoms with Crippen molar-refractivity contribution in [3.8, 4) is 0 Å². The highest BCUT2D eigenvalue weighted by Crippen LogP contribution is 2.66. The van der Waals surface area contributed by atoms with Crippen molar-refractivity contribution in [1.82, 2.24) is 0 Å². The van der Waals surface area contributed by atoms with E-state index in [4.69, 9.17) is 4.74 Å². The lowest BCUT2D eigenvalue weighted by Crippen LogP contribution is -2.67. The average Bonchev–Trinajstić information content (AvgIpc) is 2.73. The molecule has 0 radical (unpaired) electrons. The number of hydrogen-bond donors (Lipinski definition) is 2. The molecule has 2 N–H and O–H groups in total. The summed E-state index contributed by atoms with van der Waals surface area (Å²) >= 11 is 0. The van der Waals surface area contributed by atoms with Gasteiger partial charge in [0.05, 0.1) is 23.7 Å². The van der Waals surface area contributed by atoms with Crippen LogP contribution < -0.4 is 0 Å². The Labute approximate surface area is 135 Å². The highest BCUT2D eigenvalue weighted by Gasteiger charge is 2.72. The normalized spacial score (nSPS) is 55.3. The van der Waals surface area contributed by atoms with E-state index in [1.165, 1.54) is 6.08 Å². The Balaban J connectivity index is 1.91. The van der Waals surface area contributed by atoms with Crippen molar-refractivity contribution in [2.24, 2.45) is 22.7 Å². The molecule has 0 aromatic heterocycles. The highest BCUT2D eigenvalue weighted by atomic mass is 16.5. The van der Waals surface area contributed by atoms with Crippen LogP contribution in [0.4, 0.5) is 0 Å². The van der Waals surface area contributed by atoms with Gasteiger partial charge in [0.1, 0.15) is 11.9 Å². The van der Waals surface area contributed by atoms with Crippen LogP contribution >= 0.6 is 0 Å². The third kappa shape index (κ3) is 1.68. The smallest absolute Gasteiger partial charge is 0.184 e. The number of ketones is 2. The first-order valence-corrected chi connectivity index (χ1v) is 8.39. The molecule has 4 unspecified atom stereocenters. The molecule has 5 heteroatoms. The molecule has 3 aliphatic carbocycles. The molecule has 23 heavy (non-hydrogen) atoms. The van der Waals surface area contributed by atoms with Gasteiger partial charge in [-0.1, -0.05) is 12.5 Å². The first-order valence-electron chi connectivity index (χ1n) is 8.39. The maximum Gasteiger partial charge on any atom is 0.184 e. The number of carbonyl (C=O) groups excluding carboxylic acids is 2. The van der Waals surface area contributed by atoms with Gasteiger partial charge in [0.15, 0.2) is 5.78 Å². The van der Waals surface area contributed by atoms with Crippen LogP contribution in [0.1, 0.15) is 40.0 Å². The molecule has 7 atom stereocenters. The van der Waals surface area contributed by atoms with Crippen LogP contribution in [0.2, 0.25) is 0 Å². The predicted octanol–water partition coefficient (Wildman–Crippen LogP) is 1.02. The van der Waals surface area contributed by atoms with E-state index in [0.717, 1.165) is 5.57 Å². The molecule has 2 saturated carbocycles. The van der Waals surface area contributed by atoms with Crippen molar-refractivity contribution in [3.63, 3.8) is 0 Å². The van der Waals surface area contributed by atoms with Crippen LogP contribution in [0.5, 0.6) is 0 Å². The van der Waals surface area contributed by atoms with E-state index >= 15 is 0 Å². The van der Waals surface area contributed by atoms with Crippen LogP contribution in [0.25, 0.3) is 0 Å². The molecule has 1 heterocycles. The Hall–Kier alpha value is -1.04. The number of hydrogen-bond acceptors (Lipinski definition) is 5. The number of rotatable bonds is 0. The van der Waals surface area contributed by atoms with Crippen LogP contribution in [0.15, 0.2) is 11.6 Å². The molecule has 0 aromatic rings. The fourth-order valence-corrected chi connectivity index (χ4v) is 6.24. The van der Waals surface area contributed by atoms with Crippen LogP contribution in [0, 0.1) is 22.7 Å². The molecular weight excluding hydrogens is 296 g/mol. The highest BCUT2D eigenvalue weighted by molar-refractivity contribution is 5.97. The van der Waals surface area contributed by atoms with Crippen molar-refractivity contribution in [1.29, 1.82) is 0 Å². The average molecular weight is 320 g/mol. The molecule has 1 aliphatic heterocycles. The summed E-state index contributed by atoms with van der Waals surface area (Å²) in [5, 5.41) is 21.6. The van der Waals surface area contributed by atoms with Gasteiger partial charge in [0, 0.05) is 24.2 Å². The largest absolute Gasteiger partial charge is 0.393 e. The van der Waals surface area contributed by atoms with Crippen LogP contribution in [0.3, 0.4) is 0 Å². The van der Waals surface area contributed by atoms with Gasteiger partial charge in [-0.05, 0) is 32.3 Å². The number of aliphatic hydroxyl groups excluding tert-OH is 2. The lowest BCUT2D eigenvalue weighted by atomic mass is 9.42. The van der Waals surface area contributed by atoms with E-state index < -0.39 is 34.6 Å². The molecule has 4 aliphatic rings. The summed E-state index contributed by atoms with van der Waals surface area (Å²) in [5.41, 5.74) is -1.23. The molecule has 0 amide bonds. The van der Waals surface area contributed by atoms with Crippen molar-refractivity contribution < 1.29 is 24.5 Å². The number of aliphatic hydroxyl groups is 2. The van der Waals surface area contributed by atoms with Crippen molar-refractivity contribution in [2.45, 2.75) is 57.8 Å². The third-order valence-corrected chi connectivity index (χ3v) is 7.13. The summed E-state index contributed by atoms with van der Waals surface area (Å²) in [5.74, 6) is -0.843. The monoisotopic (exact) mass is 320 g/mol. The van der Waals surface area contributed by atoms with Gasteiger partial charge in [-0.25, -0.2) is 0 Å². The fourth-order valence-electron chi connectivity index (χ4n) is 6.24. The number of carbonyl (C=O) groups is 2. The van der Waals surface area contributed by atoms with E-state index in [9.17, 15) is 19.8 Å². The summed E-state index contributed by atoms with van der Waals surface area (Å²) in [6, 6.07) is 0. The maximum absolute atomic E-state index is 13.0. The molecule has 1 spiro atoms. The van der Waals surface area contributed by atoms with E-state index in [0.29, 0.717) is 19.3 Å². The quantitative estimate of drug-likeness (QED) is 0.696. The van der Waals surface area contributed by atoms with Gasteiger partial charge in [-0.2, -0.15) is 0 Å². The molecule has 5 nitrogen and oxygen atoms in total. The Kier molecular flexibility index (Phi) is 2.91. The van der Waals surface area contributed by atoms with Gasteiger partial charge in [0.25, 0.3) is 0 Å². The summed E-state index contributed by atoms with van der Waals surface area (Å²) < 4.78 is 5.92. The minimum atomic E-state index is -1.18. The first kappa shape index (κ1) is 15.5. The minimum absolute atomic E-state index is 0.113. The van der Waals surface area contributed by atoms with E-state index in [2.05, 4.69) is 0 Å². The third-order valence-electron chi connectivity index (χ3n) is 7.13. The first-order chi connectivity index (χ1) is 10.6. The molecule has 2 bridgehead atoms. The van der Waals surface area contributed by atoms with Gasteiger partial charge in [-0.15, -0.1) is 0 Å². The fraction of sp³-hybridized carbons (Fsp3) is 0.778. The summed E-state index contributed by atoms with van der Waals surface area (Å²) in [6.07, 6.45) is 0.872. The molecule has 0 aromatic carbocycles. The SMILES string of the molecule is CC1=CC(=O)C(O)C2(C)[C@H]1CC(=O)C13CO[C@](C)(CC(O)[C@@H]12)C3. The minimum Gasteiger partial charge on any atom is -0.393 e. The van der Waals surface area contributed by atoms with Crippen LogP contribution in [-0.4, -0.2) is 46.2 Å². The van der Waals surface area contributed by atoms with Gasteiger partial charge in [-0.3, -0.25) is 9.59 Å². The van der Waals surface area contributed by atoms with Gasteiger partial charge in [0.2, 0.25) is 0 Å². The summed E-state index contributed by atoms with van der Waals surface area (Å²) in [4.78, 5) is 25.3. The predicted molar refractivity (Wildman–Crippen MR) is 81.5 cm³/mol. The molecule has 126 valence electrons. The van der Waals surface area contributed by atoms with Gasteiger partial charge >= 0.3 is 0 Å². The summed E-state index contributed by atoms with van der Waals surface area (Å²) in [6.45, 7) is 5.95. The zero-order valence-corrected chi connectivity index (χ0v) is 13.8. The standard InChI is InChI=1S/C18H24O5/c1-9-4-11(19)15(22)17(3)10(9)5-13(21)18-7-16(2,23-8-18)6-12(20)14(17)18/h4,10,12,14-15,20,22H,5-8H2,1-3H3/t10-,12?,14+,15?,16+,17?,18?/m0/s1.